The first-order valence-electron chi connectivity index (χ1n) is 3.80. The molecule has 0 amide bonds. The molecule has 64 valence electrons. The number of nitrogens with zero attached hydrogens (tertiary/aromatic N) is 3. The summed E-state index contributed by atoms with van der Waals surface area (Å²) in [5.41, 5.74) is 0.861. The summed E-state index contributed by atoms with van der Waals surface area (Å²) in [5.74, 6) is -0.369. The molecule has 0 saturated carbocycles. The van der Waals surface area contributed by atoms with Gasteiger partial charge in [0, 0.05) is 12.4 Å². The quantitative estimate of drug-likeness (QED) is 0.659. The van der Waals surface area contributed by atoms with Gasteiger partial charge in [0.25, 0.3) is 0 Å². The van der Waals surface area contributed by atoms with Crippen molar-refractivity contribution in [1.82, 2.24) is 9.38 Å². The van der Waals surface area contributed by atoms with Crippen molar-refractivity contribution in [3.8, 4) is 6.07 Å². The summed E-state index contributed by atoms with van der Waals surface area (Å²) in [6.45, 7) is 0. The van der Waals surface area contributed by atoms with Gasteiger partial charge in [0.1, 0.15) is 0 Å². The molecule has 0 aliphatic rings. The zero-order chi connectivity index (χ0) is 9.26. The van der Waals surface area contributed by atoms with Crippen LogP contribution < -0.4 is 0 Å². The lowest BCUT2D eigenvalue weighted by Gasteiger charge is -1.90. The Hall–Kier alpha value is -1.89. The van der Waals surface area contributed by atoms with Gasteiger partial charge in [-0.15, -0.1) is 0 Å². The van der Waals surface area contributed by atoms with Gasteiger partial charge in [-0.1, -0.05) is 0 Å². The van der Waals surface area contributed by atoms with Crippen molar-refractivity contribution in [3.05, 3.63) is 36.0 Å². The summed E-state index contributed by atoms with van der Waals surface area (Å²) in [4.78, 5) is 3.97. The molecular weight excluding hydrogens is 169 g/mol. The number of halogens is 1. The molecule has 0 aromatic carbocycles. The molecule has 13 heavy (non-hydrogen) atoms. The number of aromatic nitrogens is 2. The zero-order valence-electron chi connectivity index (χ0n) is 6.74. The molecule has 0 N–H and O–H groups in total. The topological polar surface area (TPSA) is 41.1 Å². The van der Waals surface area contributed by atoms with Crippen LogP contribution in [0.3, 0.4) is 0 Å². The van der Waals surface area contributed by atoms with Crippen LogP contribution in [-0.2, 0) is 6.42 Å². The van der Waals surface area contributed by atoms with E-state index in [0.717, 1.165) is 0 Å². The smallest absolute Gasteiger partial charge is 0.173 e. The van der Waals surface area contributed by atoms with Crippen LogP contribution in [0.25, 0.3) is 5.65 Å². The maximum Gasteiger partial charge on any atom is 0.173 e. The van der Waals surface area contributed by atoms with Gasteiger partial charge >= 0.3 is 0 Å². The number of fused-ring (bicyclic) bond motifs is 1. The minimum Gasteiger partial charge on any atom is -0.304 e. The molecule has 0 bridgehead atoms. The van der Waals surface area contributed by atoms with E-state index in [1.54, 1.807) is 22.9 Å². The van der Waals surface area contributed by atoms with Crippen molar-refractivity contribution in [2.75, 3.05) is 0 Å². The van der Waals surface area contributed by atoms with Gasteiger partial charge in [-0.3, -0.25) is 0 Å². The van der Waals surface area contributed by atoms with Crippen LogP contribution in [-0.4, -0.2) is 9.38 Å². The molecule has 0 aliphatic carbocycles. The summed E-state index contributed by atoms with van der Waals surface area (Å²) < 4.78 is 14.6. The number of nitriles is 1. The first-order valence-corrected chi connectivity index (χ1v) is 3.80. The second-order valence-corrected chi connectivity index (χ2v) is 2.65. The van der Waals surface area contributed by atoms with Gasteiger partial charge < -0.3 is 4.40 Å². The van der Waals surface area contributed by atoms with E-state index in [4.69, 9.17) is 5.26 Å². The molecule has 2 aromatic heterocycles. The van der Waals surface area contributed by atoms with E-state index in [2.05, 4.69) is 4.98 Å². The highest BCUT2D eigenvalue weighted by molar-refractivity contribution is 5.41. The van der Waals surface area contributed by atoms with Gasteiger partial charge in [-0.05, 0) is 12.1 Å². The summed E-state index contributed by atoms with van der Waals surface area (Å²) >= 11 is 0. The fourth-order valence-electron chi connectivity index (χ4n) is 1.20. The lowest BCUT2D eigenvalue weighted by atomic mass is 10.4. The van der Waals surface area contributed by atoms with Crippen LogP contribution >= 0.6 is 0 Å². The standard InChI is InChI=1S/C9H6FN3/c10-8-2-1-5-13-6-7(3-4-11)12-9(8)13/h1-2,5-6H,3H2. The Balaban J connectivity index is 2.63. The molecule has 0 unspecified atom stereocenters. The third kappa shape index (κ3) is 1.25. The normalized spacial score (nSPS) is 10.2. The second-order valence-electron chi connectivity index (χ2n) is 2.65. The summed E-state index contributed by atoms with van der Waals surface area (Å²) in [7, 11) is 0. The predicted molar refractivity (Wildman–Crippen MR) is 44.5 cm³/mol. The molecule has 3 nitrogen and oxygen atoms in total. The molecule has 0 atom stereocenters. The van der Waals surface area contributed by atoms with Crippen molar-refractivity contribution >= 4 is 5.65 Å². The van der Waals surface area contributed by atoms with Crippen molar-refractivity contribution in [3.63, 3.8) is 0 Å². The highest BCUT2D eigenvalue weighted by Crippen LogP contribution is 2.09. The molecule has 0 fully saturated rings. The van der Waals surface area contributed by atoms with E-state index in [1.807, 2.05) is 6.07 Å². The van der Waals surface area contributed by atoms with E-state index >= 15 is 0 Å². The molecular formula is C9H6FN3. The third-order valence-corrected chi connectivity index (χ3v) is 1.75. The Kier molecular flexibility index (Phi) is 1.71. The average molecular weight is 175 g/mol. The van der Waals surface area contributed by atoms with Crippen molar-refractivity contribution in [2.24, 2.45) is 0 Å². The highest BCUT2D eigenvalue weighted by Gasteiger charge is 2.04. The summed E-state index contributed by atoms with van der Waals surface area (Å²) in [6, 6.07) is 4.91. The van der Waals surface area contributed by atoms with Gasteiger partial charge in [0.15, 0.2) is 11.5 Å². The van der Waals surface area contributed by atoms with Crippen molar-refractivity contribution in [1.29, 1.82) is 5.26 Å². The lowest BCUT2D eigenvalue weighted by molar-refractivity contribution is 0.630. The van der Waals surface area contributed by atoms with E-state index in [9.17, 15) is 4.39 Å². The van der Waals surface area contributed by atoms with Gasteiger partial charge in [0.05, 0.1) is 18.2 Å². The summed E-state index contributed by atoms with van der Waals surface area (Å²) in [5, 5.41) is 8.42. The van der Waals surface area contributed by atoms with Gasteiger partial charge in [-0.25, -0.2) is 9.37 Å². The van der Waals surface area contributed by atoms with Crippen LogP contribution in [0.1, 0.15) is 5.69 Å². The molecule has 4 heteroatoms. The van der Waals surface area contributed by atoms with Crippen molar-refractivity contribution < 1.29 is 4.39 Å². The average Bonchev–Trinajstić information content (AvgIpc) is 2.49. The lowest BCUT2D eigenvalue weighted by Crippen LogP contribution is -1.85. The number of hydrogen-bond donors (Lipinski definition) is 0. The molecule has 2 aromatic rings. The van der Waals surface area contributed by atoms with Crippen molar-refractivity contribution in [2.45, 2.75) is 6.42 Å². The molecule has 0 radical (unpaired) electrons. The third-order valence-electron chi connectivity index (χ3n) is 1.75. The molecule has 0 saturated heterocycles. The Morgan fingerprint density at radius 3 is 3.15 bits per heavy atom. The van der Waals surface area contributed by atoms with Gasteiger partial charge in [-0.2, -0.15) is 5.26 Å². The van der Waals surface area contributed by atoms with E-state index < -0.39 is 0 Å². The number of pyridine rings is 1. The molecule has 2 heterocycles. The second kappa shape index (κ2) is 2.87. The number of rotatable bonds is 1. The maximum atomic E-state index is 13.1. The Morgan fingerprint density at radius 2 is 2.46 bits per heavy atom. The highest BCUT2D eigenvalue weighted by atomic mass is 19.1. The molecule has 2 rings (SSSR count). The van der Waals surface area contributed by atoms with E-state index in [1.165, 1.54) is 6.07 Å². The Morgan fingerprint density at radius 1 is 1.62 bits per heavy atom. The number of hydrogen-bond acceptors (Lipinski definition) is 2. The van der Waals surface area contributed by atoms with Crippen LogP contribution in [0, 0.1) is 17.1 Å². The first kappa shape index (κ1) is 7.74. The van der Waals surface area contributed by atoms with E-state index in [0.29, 0.717) is 5.69 Å². The SMILES string of the molecule is N#CCc1cn2cccc(F)c2n1. The molecule has 0 spiro atoms. The monoisotopic (exact) mass is 175 g/mol. The largest absolute Gasteiger partial charge is 0.304 e. The zero-order valence-corrected chi connectivity index (χ0v) is 6.74. The Labute approximate surface area is 74.1 Å². The molecule has 0 aliphatic heterocycles. The van der Waals surface area contributed by atoms with Crippen LogP contribution in [0.15, 0.2) is 24.5 Å². The Bertz CT molecular complexity index is 481. The van der Waals surface area contributed by atoms with Gasteiger partial charge in [0.2, 0.25) is 0 Å². The van der Waals surface area contributed by atoms with Crippen LogP contribution in [0.5, 0.6) is 0 Å². The van der Waals surface area contributed by atoms with Crippen LogP contribution in [0.2, 0.25) is 0 Å². The van der Waals surface area contributed by atoms with Crippen LogP contribution in [0.4, 0.5) is 4.39 Å². The summed E-state index contributed by atoms with van der Waals surface area (Å²) in [6.07, 6.45) is 3.56. The maximum absolute atomic E-state index is 13.1. The fraction of sp³-hybridized carbons (Fsp3) is 0.111. The number of imidazole rings is 1. The predicted octanol–water partition coefficient (Wildman–Crippen LogP) is 1.54. The first-order chi connectivity index (χ1) is 6.31. The fourth-order valence-corrected chi connectivity index (χ4v) is 1.20. The minimum atomic E-state index is -0.369. The van der Waals surface area contributed by atoms with E-state index in [-0.39, 0.29) is 17.9 Å². The minimum absolute atomic E-state index is 0.209.